The maximum atomic E-state index is 13.1. The van der Waals surface area contributed by atoms with E-state index in [4.69, 9.17) is 0 Å². The Morgan fingerprint density at radius 1 is 1.12 bits per heavy atom. The molecule has 0 aliphatic carbocycles. The van der Waals surface area contributed by atoms with Crippen molar-refractivity contribution in [2.24, 2.45) is 5.41 Å². The summed E-state index contributed by atoms with van der Waals surface area (Å²) in [6.07, 6.45) is -2.43. The van der Waals surface area contributed by atoms with E-state index < -0.39 is 23.4 Å². The average Bonchev–Trinajstić information content (AvgIpc) is 2.51. The number of alkyl halides is 3. The molecule has 2 rings (SSSR count). The highest BCUT2D eigenvalue weighted by molar-refractivity contribution is 5.57. The smallest absolute Gasteiger partial charge is 0.391 e. The first-order valence-corrected chi connectivity index (χ1v) is 7.36. The van der Waals surface area contributed by atoms with Gasteiger partial charge in [0, 0.05) is 30.6 Å². The quantitative estimate of drug-likeness (QED) is 0.893. The molecule has 24 heavy (non-hydrogen) atoms. The van der Waals surface area contributed by atoms with E-state index in [2.05, 4.69) is 20.3 Å². The second-order valence-corrected chi connectivity index (χ2v) is 6.46. The van der Waals surface area contributed by atoms with E-state index in [1.165, 1.54) is 24.5 Å². The van der Waals surface area contributed by atoms with Crippen LogP contribution in [0.4, 0.5) is 19.0 Å². The molecule has 2 N–H and O–H groups in total. The minimum atomic E-state index is -4.59. The van der Waals surface area contributed by atoms with E-state index in [1.54, 1.807) is 0 Å². The van der Waals surface area contributed by atoms with E-state index in [9.17, 15) is 18.3 Å². The van der Waals surface area contributed by atoms with Gasteiger partial charge >= 0.3 is 6.18 Å². The van der Waals surface area contributed by atoms with Crippen molar-refractivity contribution in [3.05, 3.63) is 36.3 Å². The Morgan fingerprint density at radius 3 is 2.29 bits per heavy atom. The standard InChI is InChI=1S/C16H19F3N4O/c1-15(2,3)12(24)9-21-13-8-11(16(17,18)19)22-14(23-13)10-4-6-20-7-5-10/h4-8,12,24H,9H2,1-3H3,(H,21,22,23). The largest absolute Gasteiger partial charge is 0.433 e. The Bertz CT molecular complexity index is 684. The highest BCUT2D eigenvalue weighted by atomic mass is 19.4. The fourth-order valence-corrected chi connectivity index (χ4v) is 1.82. The van der Waals surface area contributed by atoms with Gasteiger partial charge in [-0.15, -0.1) is 0 Å². The van der Waals surface area contributed by atoms with Crippen LogP contribution in [0, 0.1) is 5.41 Å². The van der Waals surface area contributed by atoms with E-state index in [0.717, 1.165) is 6.07 Å². The Labute approximate surface area is 138 Å². The van der Waals surface area contributed by atoms with Gasteiger partial charge in [-0.1, -0.05) is 20.8 Å². The molecule has 1 atom stereocenters. The van der Waals surface area contributed by atoms with Crippen LogP contribution in [0.25, 0.3) is 11.4 Å². The SMILES string of the molecule is CC(C)(C)C(O)CNc1cc(C(F)(F)F)nc(-c2ccncc2)n1. The van der Waals surface area contributed by atoms with Crippen LogP contribution in [0.2, 0.25) is 0 Å². The summed E-state index contributed by atoms with van der Waals surface area (Å²) in [4.78, 5) is 11.5. The number of hydrogen-bond donors (Lipinski definition) is 2. The lowest BCUT2D eigenvalue weighted by Crippen LogP contribution is -2.33. The highest BCUT2D eigenvalue weighted by Crippen LogP contribution is 2.30. The predicted molar refractivity (Wildman–Crippen MR) is 84.2 cm³/mol. The molecular formula is C16H19F3N4O. The molecule has 0 amide bonds. The molecule has 130 valence electrons. The summed E-state index contributed by atoms with van der Waals surface area (Å²) in [6.45, 7) is 5.59. The normalized spacial score (nSPS) is 13.6. The second kappa shape index (κ2) is 6.72. The number of hydrogen-bond acceptors (Lipinski definition) is 5. The number of nitrogens with zero attached hydrogens (tertiary/aromatic N) is 3. The molecule has 5 nitrogen and oxygen atoms in total. The number of nitrogens with one attached hydrogen (secondary N) is 1. The van der Waals surface area contributed by atoms with Gasteiger partial charge in [0.2, 0.25) is 0 Å². The number of anilines is 1. The Balaban J connectivity index is 2.34. The van der Waals surface area contributed by atoms with Crippen LogP contribution >= 0.6 is 0 Å². The van der Waals surface area contributed by atoms with Crippen molar-refractivity contribution in [2.45, 2.75) is 33.1 Å². The molecule has 0 aromatic carbocycles. The van der Waals surface area contributed by atoms with Crippen LogP contribution in [-0.2, 0) is 6.18 Å². The molecular weight excluding hydrogens is 321 g/mol. The van der Waals surface area contributed by atoms with Gasteiger partial charge in [0.05, 0.1) is 6.10 Å². The van der Waals surface area contributed by atoms with Crippen molar-refractivity contribution in [1.29, 1.82) is 0 Å². The Hall–Kier alpha value is -2.22. The summed E-state index contributed by atoms with van der Waals surface area (Å²) in [5, 5.41) is 12.8. The number of halogens is 3. The van der Waals surface area contributed by atoms with E-state index >= 15 is 0 Å². The first-order valence-electron chi connectivity index (χ1n) is 7.36. The van der Waals surface area contributed by atoms with Crippen LogP contribution in [0.1, 0.15) is 26.5 Å². The third-order valence-electron chi connectivity index (χ3n) is 3.43. The van der Waals surface area contributed by atoms with Gasteiger partial charge in [-0.3, -0.25) is 4.98 Å². The fourth-order valence-electron chi connectivity index (χ4n) is 1.82. The first kappa shape index (κ1) is 18.1. The molecule has 0 spiro atoms. The molecule has 0 saturated carbocycles. The summed E-state index contributed by atoms with van der Waals surface area (Å²) < 4.78 is 39.2. The number of pyridine rings is 1. The maximum Gasteiger partial charge on any atom is 0.433 e. The van der Waals surface area contributed by atoms with Gasteiger partial charge in [-0.05, 0) is 17.5 Å². The summed E-state index contributed by atoms with van der Waals surface area (Å²) in [5.41, 5.74) is -1.02. The zero-order valence-electron chi connectivity index (χ0n) is 13.6. The molecule has 0 aliphatic heterocycles. The number of aromatic nitrogens is 3. The minimum Gasteiger partial charge on any atom is -0.391 e. The molecule has 0 bridgehead atoms. The van der Waals surface area contributed by atoms with Crippen LogP contribution in [0.15, 0.2) is 30.6 Å². The Morgan fingerprint density at radius 2 is 1.75 bits per heavy atom. The molecule has 0 saturated heterocycles. The van der Waals surface area contributed by atoms with Gasteiger partial charge in [-0.25, -0.2) is 9.97 Å². The van der Waals surface area contributed by atoms with Crippen molar-refractivity contribution < 1.29 is 18.3 Å². The van der Waals surface area contributed by atoms with Gasteiger partial charge in [-0.2, -0.15) is 13.2 Å². The lowest BCUT2D eigenvalue weighted by Gasteiger charge is -2.26. The van der Waals surface area contributed by atoms with Crippen LogP contribution in [0.3, 0.4) is 0 Å². The summed E-state index contributed by atoms with van der Waals surface area (Å²) in [6, 6.07) is 3.90. The fraction of sp³-hybridized carbons (Fsp3) is 0.438. The van der Waals surface area contributed by atoms with Crippen LogP contribution in [0.5, 0.6) is 0 Å². The minimum absolute atomic E-state index is 0.00689. The molecule has 2 heterocycles. The lowest BCUT2D eigenvalue weighted by molar-refractivity contribution is -0.141. The van der Waals surface area contributed by atoms with E-state index in [1.807, 2.05) is 20.8 Å². The van der Waals surface area contributed by atoms with E-state index in [0.29, 0.717) is 5.56 Å². The Kier molecular flexibility index (Phi) is 5.08. The second-order valence-electron chi connectivity index (χ2n) is 6.46. The van der Waals surface area contributed by atoms with Crippen molar-refractivity contribution in [3.8, 4) is 11.4 Å². The monoisotopic (exact) mass is 340 g/mol. The topological polar surface area (TPSA) is 70.9 Å². The van der Waals surface area contributed by atoms with Crippen molar-refractivity contribution >= 4 is 5.82 Å². The van der Waals surface area contributed by atoms with E-state index in [-0.39, 0.29) is 18.2 Å². The van der Waals surface area contributed by atoms with Crippen LogP contribution < -0.4 is 5.32 Å². The zero-order valence-corrected chi connectivity index (χ0v) is 13.6. The van der Waals surface area contributed by atoms with Gasteiger partial charge < -0.3 is 10.4 Å². The molecule has 8 heteroatoms. The molecule has 2 aromatic heterocycles. The molecule has 2 aromatic rings. The molecule has 0 aliphatic rings. The number of rotatable bonds is 4. The van der Waals surface area contributed by atoms with Gasteiger partial charge in [0.25, 0.3) is 0 Å². The number of aliphatic hydroxyl groups excluding tert-OH is 1. The third-order valence-corrected chi connectivity index (χ3v) is 3.43. The first-order chi connectivity index (χ1) is 11.1. The highest BCUT2D eigenvalue weighted by Gasteiger charge is 2.34. The molecule has 0 fully saturated rings. The van der Waals surface area contributed by atoms with Crippen LogP contribution in [-0.4, -0.2) is 32.7 Å². The lowest BCUT2D eigenvalue weighted by atomic mass is 9.89. The van der Waals surface area contributed by atoms with Gasteiger partial charge in [0.15, 0.2) is 11.5 Å². The summed E-state index contributed by atoms with van der Waals surface area (Å²) in [7, 11) is 0. The van der Waals surface area contributed by atoms with Crippen molar-refractivity contribution in [3.63, 3.8) is 0 Å². The summed E-state index contributed by atoms with van der Waals surface area (Å²) >= 11 is 0. The summed E-state index contributed by atoms with van der Waals surface area (Å²) in [5.74, 6) is -0.0487. The van der Waals surface area contributed by atoms with Gasteiger partial charge in [0.1, 0.15) is 5.82 Å². The maximum absolute atomic E-state index is 13.1. The molecule has 0 radical (unpaired) electrons. The predicted octanol–water partition coefficient (Wildman–Crippen LogP) is 3.38. The molecule has 1 unspecified atom stereocenters. The van der Waals surface area contributed by atoms with Crippen molar-refractivity contribution in [1.82, 2.24) is 15.0 Å². The zero-order chi connectivity index (χ0) is 18.0. The van der Waals surface area contributed by atoms with Crippen molar-refractivity contribution in [2.75, 3.05) is 11.9 Å². The number of aliphatic hydroxyl groups is 1. The third kappa shape index (κ3) is 4.64. The average molecular weight is 340 g/mol.